The average molecular weight is 403 g/mol. The largest absolute Gasteiger partial charge is 0.446 e. The first kappa shape index (κ1) is 16.9. The predicted octanol–water partition coefficient (Wildman–Crippen LogP) is 4.46. The van der Waals surface area contributed by atoms with Gasteiger partial charge in [0.1, 0.15) is 0 Å². The fourth-order valence-corrected chi connectivity index (χ4v) is 4.29. The van der Waals surface area contributed by atoms with Crippen LogP contribution in [0.2, 0.25) is 0 Å². The maximum atomic E-state index is 6.30. The van der Waals surface area contributed by atoms with E-state index in [2.05, 4.69) is 56.0 Å². The van der Waals surface area contributed by atoms with Crippen molar-refractivity contribution in [1.82, 2.24) is 4.90 Å². The third kappa shape index (κ3) is 2.65. The van der Waals surface area contributed by atoms with Gasteiger partial charge in [-0.05, 0) is 44.9 Å². The van der Waals surface area contributed by atoms with Gasteiger partial charge in [-0.2, -0.15) is 0 Å². The molecule has 118 valence electrons. The molecule has 0 aromatic carbocycles. The number of hydrogen-bond donors (Lipinski definition) is 0. The van der Waals surface area contributed by atoms with Crippen LogP contribution >= 0.6 is 22.6 Å². The van der Waals surface area contributed by atoms with Crippen LogP contribution in [0.3, 0.4) is 0 Å². The topological polar surface area (TPSA) is 21.7 Å². The zero-order valence-corrected chi connectivity index (χ0v) is 16.0. The van der Waals surface area contributed by atoms with E-state index in [1.165, 1.54) is 5.57 Å². The smallest absolute Gasteiger partial charge is 0.320 e. The van der Waals surface area contributed by atoms with Crippen LogP contribution in [-0.4, -0.2) is 27.4 Å². The zero-order chi connectivity index (χ0) is 16.0. The third-order valence-electron chi connectivity index (χ3n) is 4.79. The lowest BCUT2D eigenvalue weighted by Crippen LogP contribution is -2.56. The van der Waals surface area contributed by atoms with Gasteiger partial charge in [0.15, 0.2) is 0 Å². The Morgan fingerprint density at radius 1 is 1.33 bits per heavy atom. The van der Waals surface area contributed by atoms with E-state index < -0.39 is 5.91 Å². The molecule has 4 heteroatoms. The lowest BCUT2D eigenvalue weighted by Gasteiger charge is -2.48. The van der Waals surface area contributed by atoms with Crippen LogP contribution in [0, 0.1) is 11.8 Å². The molecule has 2 rings (SSSR count). The monoisotopic (exact) mass is 403 g/mol. The first-order chi connectivity index (χ1) is 9.65. The molecule has 21 heavy (non-hydrogen) atoms. The molecule has 1 aliphatic heterocycles. The van der Waals surface area contributed by atoms with Gasteiger partial charge in [0.05, 0.1) is 15.3 Å². The maximum Gasteiger partial charge on any atom is 0.320 e. The third-order valence-corrected chi connectivity index (χ3v) is 6.36. The van der Waals surface area contributed by atoms with Crippen molar-refractivity contribution in [2.45, 2.75) is 50.1 Å². The van der Waals surface area contributed by atoms with Crippen molar-refractivity contribution in [3.63, 3.8) is 0 Å². The molecule has 0 spiro atoms. The van der Waals surface area contributed by atoms with Crippen LogP contribution in [0.4, 0.5) is 0 Å². The first-order valence-electron chi connectivity index (χ1n) is 7.47. The minimum Gasteiger partial charge on any atom is -0.446 e. The van der Waals surface area contributed by atoms with E-state index in [0.29, 0.717) is 11.8 Å². The molecule has 0 amide bonds. The van der Waals surface area contributed by atoms with E-state index in [1.54, 1.807) is 6.20 Å². The van der Waals surface area contributed by atoms with Crippen LogP contribution in [0.15, 0.2) is 36.3 Å². The Morgan fingerprint density at radius 2 is 1.95 bits per heavy atom. The van der Waals surface area contributed by atoms with Crippen LogP contribution in [0.25, 0.3) is 0 Å². The standard InChI is InChI=1S/C17H26INO2/c1-8-19(7)17(20-12(3)10-13(4)21-17)15-9-11(2)14(5)16(15,6)18/h8-12,14H,1H2,2-7H3/t11?,12?,14-,16-,17?/m0/s1. The van der Waals surface area contributed by atoms with E-state index >= 15 is 0 Å². The second-order valence-electron chi connectivity index (χ2n) is 6.38. The first-order valence-corrected chi connectivity index (χ1v) is 8.55. The molecule has 0 saturated heterocycles. The number of rotatable bonds is 3. The summed E-state index contributed by atoms with van der Waals surface area (Å²) in [5, 5.41) is 0. The van der Waals surface area contributed by atoms with Gasteiger partial charge in [-0.15, -0.1) is 0 Å². The number of allylic oxidation sites excluding steroid dienone is 2. The molecule has 0 aromatic rings. The van der Waals surface area contributed by atoms with Crippen molar-refractivity contribution < 1.29 is 9.47 Å². The SMILES string of the molecule is C=CN(C)C1(C2=CC(C)[C@H](C)[C@]2(C)I)OC(C)=CC(C)O1. The molecular weight excluding hydrogens is 377 g/mol. The highest BCUT2D eigenvalue weighted by atomic mass is 127. The molecule has 0 bridgehead atoms. The molecule has 5 atom stereocenters. The molecule has 2 aliphatic rings. The summed E-state index contributed by atoms with van der Waals surface area (Å²) in [4.78, 5) is 1.94. The van der Waals surface area contributed by atoms with E-state index in [-0.39, 0.29) is 9.53 Å². The van der Waals surface area contributed by atoms with Gasteiger partial charge in [-0.1, -0.05) is 49.1 Å². The van der Waals surface area contributed by atoms with Crippen LogP contribution in [0.1, 0.15) is 34.6 Å². The van der Waals surface area contributed by atoms with Crippen molar-refractivity contribution >= 4 is 22.6 Å². The van der Waals surface area contributed by atoms with Crippen LogP contribution in [-0.2, 0) is 9.47 Å². The second-order valence-corrected chi connectivity index (χ2v) is 8.62. The van der Waals surface area contributed by atoms with Crippen LogP contribution in [0.5, 0.6) is 0 Å². The maximum absolute atomic E-state index is 6.30. The van der Waals surface area contributed by atoms with Gasteiger partial charge in [0.25, 0.3) is 0 Å². The molecule has 3 nitrogen and oxygen atoms in total. The highest BCUT2D eigenvalue weighted by Gasteiger charge is 2.56. The van der Waals surface area contributed by atoms with Crippen molar-refractivity contribution in [2.75, 3.05) is 7.05 Å². The number of ether oxygens (including phenoxy) is 2. The van der Waals surface area contributed by atoms with E-state index in [1.807, 2.05) is 31.9 Å². The highest BCUT2D eigenvalue weighted by molar-refractivity contribution is 14.1. The van der Waals surface area contributed by atoms with E-state index in [0.717, 1.165) is 5.76 Å². The summed E-state index contributed by atoms with van der Waals surface area (Å²) in [7, 11) is 1.96. The van der Waals surface area contributed by atoms with Crippen molar-refractivity contribution in [2.24, 2.45) is 11.8 Å². The highest BCUT2D eigenvalue weighted by Crippen LogP contribution is 2.53. The molecule has 1 heterocycles. The van der Waals surface area contributed by atoms with E-state index in [9.17, 15) is 0 Å². The molecule has 0 radical (unpaired) electrons. The lowest BCUT2D eigenvalue weighted by molar-refractivity contribution is -0.281. The Morgan fingerprint density at radius 3 is 2.38 bits per heavy atom. The number of nitrogens with zero attached hydrogens (tertiary/aromatic N) is 1. The quantitative estimate of drug-likeness (QED) is 0.395. The zero-order valence-electron chi connectivity index (χ0n) is 13.8. The number of alkyl halides is 1. The molecule has 0 N–H and O–H groups in total. The molecule has 0 fully saturated rings. The fourth-order valence-electron chi connectivity index (χ4n) is 3.20. The second kappa shape index (κ2) is 5.61. The Bertz CT molecular complexity index is 497. The van der Waals surface area contributed by atoms with Gasteiger partial charge in [0, 0.05) is 12.6 Å². The van der Waals surface area contributed by atoms with Gasteiger partial charge in [-0.25, -0.2) is 0 Å². The summed E-state index contributed by atoms with van der Waals surface area (Å²) < 4.78 is 12.5. The summed E-state index contributed by atoms with van der Waals surface area (Å²) in [6, 6.07) is 0. The Labute approximate surface area is 142 Å². The Kier molecular flexibility index (Phi) is 4.51. The molecule has 0 saturated carbocycles. The summed E-state index contributed by atoms with van der Waals surface area (Å²) in [5.41, 5.74) is 1.18. The summed E-state index contributed by atoms with van der Waals surface area (Å²) in [6.07, 6.45) is 6.08. The fraction of sp³-hybridized carbons (Fsp3) is 0.647. The lowest BCUT2D eigenvalue weighted by atomic mass is 9.88. The Hall–Kier alpha value is -0.490. The summed E-state index contributed by atoms with van der Waals surface area (Å²) in [5.74, 6) is 1.01. The Balaban J connectivity index is 2.55. The normalized spacial score (nSPS) is 42.9. The van der Waals surface area contributed by atoms with Crippen LogP contribution < -0.4 is 0 Å². The number of likely N-dealkylation sites (N-methyl/N-ethyl adjacent to an activating group) is 1. The minimum absolute atomic E-state index is 0.000428. The average Bonchev–Trinajstić information content (AvgIpc) is 2.60. The van der Waals surface area contributed by atoms with Gasteiger partial charge in [-0.3, -0.25) is 0 Å². The number of halogens is 1. The molecule has 0 aromatic heterocycles. The number of hydrogen-bond acceptors (Lipinski definition) is 3. The van der Waals surface area contributed by atoms with Crippen molar-refractivity contribution in [1.29, 1.82) is 0 Å². The van der Waals surface area contributed by atoms with Crippen molar-refractivity contribution in [3.05, 3.63) is 36.3 Å². The van der Waals surface area contributed by atoms with Gasteiger partial charge >= 0.3 is 5.91 Å². The molecule has 3 unspecified atom stereocenters. The predicted molar refractivity (Wildman–Crippen MR) is 94.9 cm³/mol. The summed E-state index contributed by atoms with van der Waals surface area (Å²) in [6.45, 7) is 14.7. The minimum atomic E-state index is -0.894. The molecule has 1 aliphatic carbocycles. The van der Waals surface area contributed by atoms with Gasteiger partial charge in [0.2, 0.25) is 0 Å². The molecular formula is C17H26INO2. The summed E-state index contributed by atoms with van der Waals surface area (Å²) >= 11 is 2.54. The van der Waals surface area contributed by atoms with E-state index in [4.69, 9.17) is 9.47 Å². The van der Waals surface area contributed by atoms with Crippen molar-refractivity contribution in [3.8, 4) is 0 Å². The van der Waals surface area contributed by atoms with Gasteiger partial charge < -0.3 is 14.4 Å².